The molecule has 0 aliphatic carbocycles. The quantitative estimate of drug-likeness (QED) is 0.764. The first-order valence-corrected chi connectivity index (χ1v) is 7.58. The van der Waals surface area contributed by atoms with Crippen LogP contribution in [0.2, 0.25) is 0 Å². The number of esters is 1. The van der Waals surface area contributed by atoms with E-state index in [4.69, 9.17) is 9.15 Å². The summed E-state index contributed by atoms with van der Waals surface area (Å²) in [6, 6.07) is 4.42. The first kappa shape index (κ1) is 19.1. The summed E-state index contributed by atoms with van der Waals surface area (Å²) in [7, 11) is 0. The summed E-state index contributed by atoms with van der Waals surface area (Å²) < 4.78 is 36.4. The fraction of sp³-hybridized carbons (Fsp3) is 0.235. The van der Waals surface area contributed by atoms with Gasteiger partial charge < -0.3 is 19.8 Å². The zero-order chi connectivity index (χ0) is 19.3. The second kappa shape index (κ2) is 8.24. The zero-order valence-electron chi connectivity index (χ0n) is 13.9. The van der Waals surface area contributed by atoms with Gasteiger partial charge in [0.25, 0.3) is 11.8 Å². The highest BCUT2D eigenvalue weighted by atomic mass is 19.1. The highest BCUT2D eigenvalue weighted by molar-refractivity contribution is 5.97. The van der Waals surface area contributed by atoms with E-state index in [9.17, 15) is 23.2 Å². The Morgan fingerprint density at radius 2 is 1.88 bits per heavy atom. The Morgan fingerprint density at radius 3 is 2.54 bits per heavy atom. The van der Waals surface area contributed by atoms with Crippen molar-refractivity contribution in [1.29, 1.82) is 0 Å². The van der Waals surface area contributed by atoms with Crippen LogP contribution in [0.1, 0.15) is 24.4 Å². The van der Waals surface area contributed by atoms with Crippen molar-refractivity contribution in [1.82, 2.24) is 5.32 Å². The van der Waals surface area contributed by atoms with Gasteiger partial charge in [0.15, 0.2) is 11.9 Å². The number of nitrogens with one attached hydrogen (secondary N) is 2. The molecule has 0 saturated heterocycles. The first-order chi connectivity index (χ1) is 12.3. The van der Waals surface area contributed by atoms with E-state index in [1.165, 1.54) is 32.2 Å². The summed E-state index contributed by atoms with van der Waals surface area (Å²) in [5, 5.41) is 4.47. The Balaban J connectivity index is 1.90. The van der Waals surface area contributed by atoms with E-state index in [0.29, 0.717) is 0 Å². The van der Waals surface area contributed by atoms with Crippen molar-refractivity contribution >= 4 is 23.5 Å². The Morgan fingerprint density at radius 1 is 1.15 bits per heavy atom. The van der Waals surface area contributed by atoms with Crippen LogP contribution >= 0.6 is 0 Å². The van der Waals surface area contributed by atoms with Crippen molar-refractivity contribution in [2.45, 2.75) is 26.0 Å². The molecule has 0 fully saturated rings. The van der Waals surface area contributed by atoms with Gasteiger partial charge in [-0.3, -0.25) is 9.59 Å². The number of halogens is 2. The van der Waals surface area contributed by atoms with Gasteiger partial charge in [0.1, 0.15) is 17.7 Å². The van der Waals surface area contributed by atoms with E-state index in [-0.39, 0.29) is 11.4 Å². The molecule has 26 heavy (non-hydrogen) atoms. The molecule has 2 aromatic rings. The Kier molecular flexibility index (Phi) is 6.05. The predicted molar refractivity (Wildman–Crippen MR) is 86.2 cm³/mol. The van der Waals surface area contributed by atoms with Gasteiger partial charge in [-0.2, -0.15) is 0 Å². The predicted octanol–water partition coefficient (Wildman–Crippen LogP) is 2.25. The number of carbonyl (C=O) groups excluding carboxylic acids is 3. The molecule has 138 valence electrons. The summed E-state index contributed by atoms with van der Waals surface area (Å²) in [5.41, 5.74) is -0.378. The van der Waals surface area contributed by atoms with Crippen LogP contribution in [0.4, 0.5) is 14.5 Å². The molecule has 7 nitrogen and oxygen atoms in total. The lowest BCUT2D eigenvalue weighted by molar-refractivity contribution is -0.154. The van der Waals surface area contributed by atoms with Crippen molar-refractivity contribution in [2.75, 3.05) is 5.32 Å². The third-order valence-electron chi connectivity index (χ3n) is 3.29. The minimum Gasteiger partial charge on any atom is -0.459 e. The van der Waals surface area contributed by atoms with Crippen molar-refractivity contribution in [3.63, 3.8) is 0 Å². The maximum Gasteiger partial charge on any atom is 0.329 e. The second-order valence-electron chi connectivity index (χ2n) is 5.36. The van der Waals surface area contributed by atoms with E-state index in [1.54, 1.807) is 0 Å². The van der Waals surface area contributed by atoms with Crippen LogP contribution in [0, 0.1) is 11.6 Å². The molecule has 1 aromatic heterocycles. The van der Waals surface area contributed by atoms with Crippen molar-refractivity contribution in [3.8, 4) is 0 Å². The highest BCUT2D eigenvalue weighted by Crippen LogP contribution is 2.16. The van der Waals surface area contributed by atoms with Crippen LogP contribution in [-0.4, -0.2) is 29.9 Å². The summed E-state index contributed by atoms with van der Waals surface area (Å²) in [5.74, 6) is -3.92. The molecule has 2 amide bonds. The third-order valence-corrected chi connectivity index (χ3v) is 3.29. The topological polar surface area (TPSA) is 97.6 Å². The number of benzene rings is 1. The number of furan rings is 1. The van der Waals surface area contributed by atoms with Gasteiger partial charge in [-0.15, -0.1) is 0 Å². The van der Waals surface area contributed by atoms with Crippen molar-refractivity contribution < 1.29 is 32.3 Å². The summed E-state index contributed by atoms with van der Waals surface area (Å²) in [6.45, 7) is 2.62. The molecule has 0 aliphatic rings. The van der Waals surface area contributed by atoms with Gasteiger partial charge >= 0.3 is 5.97 Å². The molecule has 9 heteroatoms. The lowest BCUT2D eigenvalue weighted by Crippen LogP contribution is -2.42. The van der Waals surface area contributed by atoms with Gasteiger partial charge in [-0.05, 0) is 38.1 Å². The summed E-state index contributed by atoms with van der Waals surface area (Å²) in [4.78, 5) is 35.7. The molecule has 1 heterocycles. The van der Waals surface area contributed by atoms with Gasteiger partial charge in [0, 0.05) is 6.07 Å². The maximum absolute atomic E-state index is 13.5. The number of anilines is 1. The number of rotatable bonds is 6. The van der Waals surface area contributed by atoms with Crippen LogP contribution in [0.5, 0.6) is 0 Å². The minimum absolute atomic E-state index is 0.0111. The molecule has 2 rings (SSSR count). The number of hydrogen-bond donors (Lipinski definition) is 2. The molecule has 0 saturated carbocycles. The van der Waals surface area contributed by atoms with E-state index < -0.39 is 41.6 Å². The standard InChI is InChI=1S/C17H16F2N2O5/c1-9(20-16(23)14-4-3-7-25-14)17(24)26-10(2)15(22)21-13-8-11(18)5-6-12(13)19/h3-10H,1-2H3,(H,20,23)(H,21,22)/t9-,10+/m0/s1. The fourth-order valence-electron chi connectivity index (χ4n) is 1.89. The molecule has 2 atom stereocenters. The molecule has 0 unspecified atom stereocenters. The molecule has 0 spiro atoms. The molecule has 1 aromatic carbocycles. The lowest BCUT2D eigenvalue weighted by atomic mass is 10.2. The van der Waals surface area contributed by atoms with E-state index in [1.807, 2.05) is 0 Å². The average Bonchev–Trinajstić information content (AvgIpc) is 3.12. The third kappa shape index (κ3) is 4.88. The first-order valence-electron chi connectivity index (χ1n) is 7.58. The minimum atomic E-state index is -1.30. The van der Waals surface area contributed by atoms with Crippen LogP contribution in [0.25, 0.3) is 0 Å². The Bertz CT molecular complexity index is 807. The van der Waals surface area contributed by atoms with Crippen LogP contribution in [-0.2, 0) is 14.3 Å². The normalized spacial score (nSPS) is 12.8. The van der Waals surface area contributed by atoms with Crippen molar-refractivity contribution in [3.05, 3.63) is 54.0 Å². The van der Waals surface area contributed by atoms with Gasteiger partial charge in [0.2, 0.25) is 0 Å². The molecule has 0 aliphatic heterocycles. The van der Waals surface area contributed by atoms with Crippen molar-refractivity contribution in [2.24, 2.45) is 0 Å². The van der Waals surface area contributed by atoms with E-state index in [2.05, 4.69) is 10.6 Å². The number of ether oxygens (including phenoxy) is 1. The average molecular weight is 366 g/mol. The Labute approximate surface area is 147 Å². The second-order valence-corrected chi connectivity index (χ2v) is 5.36. The molecular weight excluding hydrogens is 350 g/mol. The van der Waals surface area contributed by atoms with E-state index >= 15 is 0 Å². The van der Waals surface area contributed by atoms with Gasteiger partial charge in [0.05, 0.1) is 12.0 Å². The molecule has 0 radical (unpaired) electrons. The number of carbonyl (C=O) groups is 3. The van der Waals surface area contributed by atoms with Crippen LogP contribution in [0.3, 0.4) is 0 Å². The van der Waals surface area contributed by atoms with Gasteiger partial charge in [-0.25, -0.2) is 13.6 Å². The van der Waals surface area contributed by atoms with Crippen LogP contribution in [0.15, 0.2) is 41.0 Å². The van der Waals surface area contributed by atoms with Crippen LogP contribution < -0.4 is 10.6 Å². The number of hydrogen-bond acceptors (Lipinski definition) is 5. The molecule has 2 N–H and O–H groups in total. The summed E-state index contributed by atoms with van der Waals surface area (Å²) >= 11 is 0. The number of amides is 2. The van der Waals surface area contributed by atoms with Gasteiger partial charge in [-0.1, -0.05) is 0 Å². The summed E-state index contributed by atoms with van der Waals surface area (Å²) in [6.07, 6.45) is 0.00342. The maximum atomic E-state index is 13.5. The SMILES string of the molecule is C[C@H](NC(=O)c1ccco1)C(=O)O[C@H](C)C(=O)Nc1cc(F)ccc1F. The Hall–Kier alpha value is -3.23. The molecule has 0 bridgehead atoms. The zero-order valence-corrected chi connectivity index (χ0v) is 13.9. The highest BCUT2D eigenvalue weighted by Gasteiger charge is 2.24. The lowest BCUT2D eigenvalue weighted by Gasteiger charge is -2.17. The monoisotopic (exact) mass is 366 g/mol. The largest absolute Gasteiger partial charge is 0.459 e. The fourth-order valence-corrected chi connectivity index (χ4v) is 1.89. The molecular formula is C17H16F2N2O5. The van der Waals surface area contributed by atoms with E-state index in [0.717, 1.165) is 18.2 Å². The smallest absolute Gasteiger partial charge is 0.329 e.